The van der Waals surface area contributed by atoms with E-state index in [9.17, 15) is 9.90 Å². The van der Waals surface area contributed by atoms with Crippen molar-refractivity contribution in [3.8, 4) is 0 Å². The van der Waals surface area contributed by atoms with Crippen LogP contribution in [0.25, 0.3) is 0 Å². The Morgan fingerprint density at radius 3 is 1.84 bits per heavy atom. The summed E-state index contributed by atoms with van der Waals surface area (Å²) >= 11 is 0. The number of hydrogen-bond acceptors (Lipinski definition) is 5. The summed E-state index contributed by atoms with van der Waals surface area (Å²) in [5.41, 5.74) is -0.638. The summed E-state index contributed by atoms with van der Waals surface area (Å²) in [4.78, 5) is 13.5. The number of rotatable bonds is 6. The predicted octanol–water partition coefficient (Wildman–Crippen LogP) is 3.00. The highest BCUT2D eigenvalue weighted by Crippen LogP contribution is 2.38. The van der Waals surface area contributed by atoms with Crippen LogP contribution in [0.5, 0.6) is 0 Å². The Labute approximate surface area is 193 Å². The highest BCUT2D eigenvalue weighted by atomic mass is 28.4. The van der Waals surface area contributed by atoms with E-state index in [4.69, 9.17) is 9.16 Å². The van der Waals surface area contributed by atoms with Crippen molar-refractivity contribution < 1.29 is 19.1 Å². The lowest BCUT2D eigenvalue weighted by Crippen LogP contribution is -2.69. The van der Waals surface area contributed by atoms with Crippen molar-refractivity contribution in [2.45, 2.75) is 76.9 Å². The summed E-state index contributed by atoms with van der Waals surface area (Å²) in [6, 6.07) is 20.2. The molecule has 1 heterocycles. The molecule has 0 spiro atoms. The quantitative estimate of drug-likeness (QED) is 0.518. The van der Waals surface area contributed by atoms with E-state index in [0.29, 0.717) is 13.0 Å². The van der Waals surface area contributed by atoms with Crippen LogP contribution in [-0.4, -0.2) is 49.8 Å². The van der Waals surface area contributed by atoms with Crippen molar-refractivity contribution in [1.82, 2.24) is 5.32 Å². The number of carbonyl (C=O) groups excluding carboxylic acids is 1. The van der Waals surface area contributed by atoms with Gasteiger partial charge in [0.15, 0.2) is 6.10 Å². The van der Waals surface area contributed by atoms with Crippen LogP contribution in [-0.2, 0) is 14.0 Å². The van der Waals surface area contributed by atoms with Crippen LogP contribution in [0.15, 0.2) is 60.7 Å². The average molecular weight is 456 g/mol. The third-order valence-electron chi connectivity index (χ3n) is 5.87. The van der Waals surface area contributed by atoms with Gasteiger partial charge in [-0.1, -0.05) is 81.4 Å². The minimum atomic E-state index is -2.96. The lowest BCUT2D eigenvalue weighted by Gasteiger charge is -2.45. The molecule has 6 heteroatoms. The molecule has 2 N–H and O–H groups in total. The molecule has 0 radical (unpaired) electrons. The van der Waals surface area contributed by atoms with Gasteiger partial charge in [0.2, 0.25) is 0 Å². The standard InChI is InChI=1S/C26H37NO4Si/c1-25(2,3)30-24(29)23(22-17-19(28)18-27-22)31-32(26(4,5)6,20-13-9-7-10-14-20)21-15-11-8-12-16-21/h7-16,19,22-23,27-28H,17-18H2,1-6H3/t19-,22+,23?/m1/s1. The summed E-state index contributed by atoms with van der Waals surface area (Å²) in [6.07, 6.45) is -0.896. The van der Waals surface area contributed by atoms with Gasteiger partial charge < -0.3 is 19.6 Å². The molecule has 0 aliphatic carbocycles. The average Bonchev–Trinajstić information content (AvgIpc) is 3.14. The molecule has 1 aliphatic rings. The van der Waals surface area contributed by atoms with Gasteiger partial charge in [0.05, 0.1) is 6.10 Å². The van der Waals surface area contributed by atoms with Crippen molar-refractivity contribution in [3.63, 3.8) is 0 Å². The first-order chi connectivity index (χ1) is 14.9. The van der Waals surface area contributed by atoms with E-state index in [-0.39, 0.29) is 11.1 Å². The summed E-state index contributed by atoms with van der Waals surface area (Å²) in [7, 11) is -2.96. The number of ether oxygens (including phenoxy) is 1. The Balaban J connectivity index is 2.16. The van der Waals surface area contributed by atoms with Crippen LogP contribution < -0.4 is 15.7 Å². The summed E-state index contributed by atoms with van der Waals surface area (Å²) < 4.78 is 12.9. The first-order valence-corrected chi connectivity index (χ1v) is 13.3. The number of hydrogen-bond donors (Lipinski definition) is 2. The van der Waals surface area contributed by atoms with Crippen LogP contribution in [0.4, 0.5) is 0 Å². The zero-order valence-electron chi connectivity index (χ0n) is 20.1. The van der Waals surface area contributed by atoms with E-state index in [1.807, 2.05) is 57.2 Å². The third kappa shape index (κ3) is 5.31. The Hall–Kier alpha value is -1.99. The van der Waals surface area contributed by atoms with Crippen molar-refractivity contribution >= 4 is 24.7 Å². The van der Waals surface area contributed by atoms with E-state index in [2.05, 4.69) is 50.4 Å². The molecule has 1 saturated heterocycles. The fourth-order valence-corrected chi connectivity index (χ4v) is 9.17. The lowest BCUT2D eigenvalue weighted by molar-refractivity contribution is -0.165. The molecule has 2 aromatic carbocycles. The molecule has 1 fully saturated rings. The summed E-state index contributed by atoms with van der Waals surface area (Å²) in [5.74, 6) is -0.392. The van der Waals surface area contributed by atoms with E-state index in [1.165, 1.54) is 0 Å². The van der Waals surface area contributed by atoms with Crippen LogP contribution in [0.2, 0.25) is 5.04 Å². The first kappa shape index (κ1) is 24.6. The van der Waals surface area contributed by atoms with E-state index in [1.54, 1.807) is 0 Å². The molecule has 32 heavy (non-hydrogen) atoms. The van der Waals surface area contributed by atoms with Crippen LogP contribution in [0.3, 0.4) is 0 Å². The highest BCUT2D eigenvalue weighted by molar-refractivity contribution is 6.99. The minimum absolute atomic E-state index is 0.271. The molecule has 5 nitrogen and oxygen atoms in total. The Kier molecular flexibility index (Phi) is 7.30. The Morgan fingerprint density at radius 2 is 1.47 bits per heavy atom. The maximum atomic E-state index is 13.5. The molecular formula is C26H37NO4Si. The fourth-order valence-electron chi connectivity index (χ4n) is 4.51. The number of benzene rings is 2. The van der Waals surface area contributed by atoms with Gasteiger partial charge in [0.25, 0.3) is 8.32 Å². The van der Waals surface area contributed by atoms with Gasteiger partial charge >= 0.3 is 5.97 Å². The molecule has 3 rings (SSSR count). The fraction of sp³-hybridized carbons (Fsp3) is 0.500. The number of nitrogens with one attached hydrogen (secondary N) is 1. The summed E-state index contributed by atoms with van der Waals surface area (Å²) in [6.45, 7) is 12.6. The largest absolute Gasteiger partial charge is 0.458 e. The Bertz CT molecular complexity index is 850. The molecule has 0 bridgehead atoms. The molecule has 0 saturated carbocycles. The minimum Gasteiger partial charge on any atom is -0.458 e. The molecule has 1 unspecified atom stereocenters. The van der Waals surface area contributed by atoms with Gasteiger partial charge in [0.1, 0.15) is 5.60 Å². The van der Waals surface area contributed by atoms with Gasteiger partial charge in [-0.2, -0.15) is 0 Å². The normalized spacial score (nSPS) is 20.7. The SMILES string of the molecule is CC(C)(C)OC(=O)C(O[Si](c1ccccc1)(c1ccccc1)C(C)(C)C)[C@@H]1C[C@@H](O)CN1. The van der Waals surface area contributed by atoms with E-state index < -0.39 is 32.1 Å². The third-order valence-corrected chi connectivity index (χ3v) is 10.9. The molecule has 174 valence electrons. The molecule has 1 aliphatic heterocycles. The maximum absolute atomic E-state index is 13.5. The zero-order chi connectivity index (χ0) is 23.6. The molecule has 0 aromatic heterocycles. The van der Waals surface area contributed by atoms with Gasteiger partial charge in [-0.05, 0) is 42.6 Å². The maximum Gasteiger partial charge on any atom is 0.336 e. The number of aliphatic hydroxyl groups excluding tert-OH is 1. The topological polar surface area (TPSA) is 67.8 Å². The molecule has 0 amide bonds. The second-order valence-corrected chi connectivity index (χ2v) is 14.9. The van der Waals surface area contributed by atoms with Crippen LogP contribution in [0.1, 0.15) is 48.0 Å². The van der Waals surface area contributed by atoms with Crippen molar-refractivity contribution in [3.05, 3.63) is 60.7 Å². The zero-order valence-corrected chi connectivity index (χ0v) is 21.1. The monoisotopic (exact) mass is 455 g/mol. The van der Waals surface area contributed by atoms with Crippen LogP contribution in [0, 0.1) is 0 Å². The Morgan fingerprint density at radius 1 is 0.969 bits per heavy atom. The summed E-state index contributed by atoms with van der Waals surface area (Å²) in [5, 5.41) is 15.4. The number of esters is 1. The number of aliphatic hydroxyl groups is 1. The second-order valence-electron chi connectivity index (χ2n) is 10.6. The molecule has 3 atom stereocenters. The number of β-amino-alcohol motifs (C(OH)–C–C–N with tert-alkyl or cyclic N) is 1. The highest BCUT2D eigenvalue weighted by Gasteiger charge is 2.54. The van der Waals surface area contributed by atoms with Gasteiger partial charge in [0, 0.05) is 12.6 Å². The smallest absolute Gasteiger partial charge is 0.336 e. The van der Waals surface area contributed by atoms with Gasteiger partial charge in [-0.25, -0.2) is 4.79 Å². The van der Waals surface area contributed by atoms with E-state index in [0.717, 1.165) is 10.4 Å². The molecule has 2 aromatic rings. The molecular weight excluding hydrogens is 418 g/mol. The van der Waals surface area contributed by atoms with Crippen molar-refractivity contribution in [2.75, 3.05) is 6.54 Å². The van der Waals surface area contributed by atoms with Crippen molar-refractivity contribution in [1.29, 1.82) is 0 Å². The predicted molar refractivity (Wildman–Crippen MR) is 131 cm³/mol. The van der Waals surface area contributed by atoms with Gasteiger partial charge in [-0.15, -0.1) is 0 Å². The van der Waals surface area contributed by atoms with Crippen LogP contribution >= 0.6 is 0 Å². The second kappa shape index (κ2) is 9.47. The lowest BCUT2D eigenvalue weighted by atomic mass is 10.1. The number of carbonyl (C=O) groups is 1. The van der Waals surface area contributed by atoms with E-state index >= 15 is 0 Å². The first-order valence-electron chi connectivity index (χ1n) is 11.4. The van der Waals surface area contributed by atoms with Gasteiger partial charge in [-0.3, -0.25) is 0 Å². The van der Waals surface area contributed by atoms with Crippen molar-refractivity contribution in [2.24, 2.45) is 0 Å².